The molecule has 3 heterocycles. The van der Waals surface area contributed by atoms with E-state index < -0.39 is 0 Å². The highest BCUT2D eigenvalue weighted by molar-refractivity contribution is 7.21. The molecule has 0 atom stereocenters. The lowest BCUT2D eigenvalue weighted by molar-refractivity contribution is 0.103. The Labute approximate surface area is 169 Å². The van der Waals surface area contributed by atoms with Gasteiger partial charge in [-0.25, -0.2) is 4.98 Å². The van der Waals surface area contributed by atoms with Crippen LogP contribution in [0.1, 0.15) is 47.3 Å². The number of amides is 1. The topological polar surface area (TPSA) is 71.2 Å². The minimum Gasteiger partial charge on any atom is -0.397 e. The number of thiophene rings is 1. The Morgan fingerprint density at radius 3 is 2.89 bits per heavy atom. The maximum Gasteiger partial charge on any atom is 0.267 e. The highest BCUT2D eigenvalue weighted by Crippen LogP contribution is 2.35. The molecule has 0 fully saturated rings. The number of aryl methyl sites for hydroxylation is 1. The molecule has 1 aromatic carbocycles. The lowest BCUT2D eigenvalue weighted by Crippen LogP contribution is -2.36. The third kappa shape index (κ3) is 3.38. The third-order valence-electron chi connectivity index (χ3n) is 5.48. The van der Waals surface area contributed by atoms with Gasteiger partial charge in [0.2, 0.25) is 0 Å². The zero-order chi connectivity index (χ0) is 19.8. The van der Waals surface area contributed by atoms with Crippen LogP contribution in [0.3, 0.4) is 0 Å². The average molecular weight is 395 g/mol. The Morgan fingerprint density at radius 2 is 2.14 bits per heavy atom. The summed E-state index contributed by atoms with van der Waals surface area (Å²) in [5.41, 5.74) is 11.2. The molecule has 1 amide bonds. The number of fused-ring (bicyclic) bond motifs is 2. The fourth-order valence-electron chi connectivity index (χ4n) is 3.76. The number of rotatable bonds is 4. The van der Waals surface area contributed by atoms with Crippen LogP contribution >= 0.6 is 11.3 Å². The normalized spacial score (nSPS) is 14.4. The van der Waals surface area contributed by atoms with Gasteiger partial charge in [0.25, 0.3) is 5.91 Å². The van der Waals surface area contributed by atoms with Gasteiger partial charge in [0.05, 0.1) is 5.69 Å². The van der Waals surface area contributed by atoms with Crippen LogP contribution in [-0.2, 0) is 19.4 Å². The van der Waals surface area contributed by atoms with Crippen LogP contribution < -0.4 is 11.1 Å². The van der Waals surface area contributed by atoms with Crippen molar-refractivity contribution < 1.29 is 4.79 Å². The van der Waals surface area contributed by atoms with Gasteiger partial charge in [-0.2, -0.15) is 0 Å². The molecule has 0 spiro atoms. The zero-order valence-corrected chi connectivity index (χ0v) is 17.4. The van der Waals surface area contributed by atoms with Crippen molar-refractivity contribution in [2.75, 3.05) is 17.6 Å². The van der Waals surface area contributed by atoms with Crippen LogP contribution in [0, 0.1) is 0 Å². The number of nitrogens with one attached hydrogen (secondary N) is 1. The number of benzene rings is 1. The van der Waals surface area contributed by atoms with Gasteiger partial charge in [0.15, 0.2) is 0 Å². The van der Waals surface area contributed by atoms with Gasteiger partial charge in [-0.3, -0.25) is 9.69 Å². The van der Waals surface area contributed by atoms with Gasteiger partial charge in [-0.15, -0.1) is 11.3 Å². The number of para-hydroxylation sites is 1. The van der Waals surface area contributed by atoms with Crippen molar-refractivity contribution in [3.8, 4) is 0 Å². The first-order chi connectivity index (χ1) is 13.5. The summed E-state index contributed by atoms with van der Waals surface area (Å²) in [6.45, 7) is 8.41. The van der Waals surface area contributed by atoms with E-state index in [1.54, 1.807) is 0 Å². The Hall–Kier alpha value is -2.44. The van der Waals surface area contributed by atoms with E-state index in [0.717, 1.165) is 53.1 Å². The van der Waals surface area contributed by atoms with Gasteiger partial charge in [0, 0.05) is 42.3 Å². The summed E-state index contributed by atoms with van der Waals surface area (Å²) in [5.74, 6) is -0.164. The molecule has 3 aromatic rings. The van der Waals surface area contributed by atoms with E-state index in [1.807, 2.05) is 24.3 Å². The molecule has 28 heavy (non-hydrogen) atoms. The number of nitrogens with zero attached hydrogens (tertiary/aromatic N) is 2. The third-order valence-corrected chi connectivity index (χ3v) is 6.60. The van der Waals surface area contributed by atoms with Crippen molar-refractivity contribution in [2.45, 2.75) is 46.2 Å². The Bertz CT molecular complexity index is 1040. The van der Waals surface area contributed by atoms with Crippen molar-refractivity contribution >= 4 is 38.8 Å². The van der Waals surface area contributed by atoms with E-state index in [-0.39, 0.29) is 5.91 Å². The lowest BCUT2D eigenvalue weighted by atomic mass is 10.0. The van der Waals surface area contributed by atoms with Gasteiger partial charge >= 0.3 is 0 Å². The summed E-state index contributed by atoms with van der Waals surface area (Å²) < 4.78 is 0. The Kier molecular flexibility index (Phi) is 5.08. The Morgan fingerprint density at radius 1 is 1.36 bits per heavy atom. The predicted molar refractivity (Wildman–Crippen MR) is 117 cm³/mol. The number of nitrogens with two attached hydrogens (primary N) is 1. The summed E-state index contributed by atoms with van der Waals surface area (Å²) in [7, 11) is 0. The monoisotopic (exact) mass is 394 g/mol. The Balaban J connectivity index is 1.67. The van der Waals surface area contributed by atoms with E-state index in [4.69, 9.17) is 10.7 Å². The van der Waals surface area contributed by atoms with Gasteiger partial charge < -0.3 is 11.1 Å². The van der Waals surface area contributed by atoms with Crippen LogP contribution in [0.5, 0.6) is 0 Å². The quantitative estimate of drug-likeness (QED) is 0.685. The number of pyridine rings is 1. The molecule has 1 aliphatic rings. The van der Waals surface area contributed by atoms with Crippen molar-refractivity contribution in [1.82, 2.24) is 9.88 Å². The fourth-order valence-corrected chi connectivity index (χ4v) is 4.75. The average Bonchev–Trinajstić information content (AvgIpc) is 3.02. The highest BCUT2D eigenvalue weighted by Gasteiger charge is 2.23. The maximum atomic E-state index is 12.9. The molecular formula is C22H26N4OS. The molecule has 0 aliphatic carbocycles. The second-order valence-corrected chi connectivity index (χ2v) is 8.57. The van der Waals surface area contributed by atoms with E-state index in [9.17, 15) is 4.79 Å². The molecule has 0 saturated carbocycles. The molecule has 0 unspecified atom stereocenters. The number of carbonyl (C=O) groups is 1. The second-order valence-electron chi connectivity index (χ2n) is 7.57. The number of aromatic nitrogens is 1. The molecule has 2 aromatic heterocycles. The predicted octanol–water partition coefficient (Wildman–Crippen LogP) is 4.46. The van der Waals surface area contributed by atoms with E-state index >= 15 is 0 Å². The summed E-state index contributed by atoms with van der Waals surface area (Å²) in [6, 6.07) is 10.5. The molecule has 0 bridgehead atoms. The van der Waals surface area contributed by atoms with E-state index in [1.165, 1.54) is 16.9 Å². The highest BCUT2D eigenvalue weighted by atomic mass is 32.1. The molecular weight excluding hydrogens is 368 g/mol. The molecule has 6 heteroatoms. The molecule has 0 radical (unpaired) electrons. The second kappa shape index (κ2) is 7.53. The molecule has 3 N–H and O–H groups in total. The number of anilines is 2. The molecule has 0 saturated heterocycles. The van der Waals surface area contributed by atoms with Gasteiger partial charge in [-0.1, -0.05) is 25.1 Å². The first-order valence-electron chi connectivity index (χ1n) is 9.82. The number of hydrogen-bond donors (Lipinski definition) is 2. The van der Waals surface area contributed by atoms with Gasteiger partial charge in [-0.05, 0) is 43.5 Å². The molecule has 5 nitrogen and oxygen atoms in total. The number of carbonyl (C=O) groups excluding carboxylic acids is 1. The van der Waals surface area contributed by atoms with Crippen LogP contribution in [0.15, 0.2) is 30.3 Å². The van der Waals surface area contributed by atoms with Crippen molar-refractivity contribution in [1.29, 1.82) is 0 Å². The summed E-state index contributed by atoms with van der Waals surface area (Å²) >= 11 is 1.38. The van der Waals surface area contributed by atoms with Crippen LogP contribution in [0.4, 0.5) is 11.4 Å². The van der Waals surface area contributed by atoms with E-state index in [2.05, 4.69) is 37.1 Å². The number of nitrogen functional groups attached to an aromatic ring is 1. The van der Waals surface area contributed by atoms with Crippen LogP contribution in [0.2, 0.25) is 0 Å². The van der Waals surface area contributed by atoms with Crippen LogP contribution in [-0.4, -0.2) is 28.4 Å². The summed E-state index contributed by atoms with van der Waals surface area (Å²) in [6.07, 6.45) is 1.80. The first kappa shape index (κ1) is 18.9. The minimum atomic E-state index is -0.164. The van der Waals surface area contributed by atoms with Crippen LogP contribution in [0.25, 0.3) is 10.2 Å². The maximum absolute atomic E-state index is 12.9. The molecule has 146 valence electrons. The number of hydrogen-bond acceptors (Lipinski definition) is 5. The van der Waals surface area contributed by atoms with Gasteiger partial charge in [0.1, 0.15) is 9.71 Å². The SMILES string of the molecule is CCc1ccccc1NC(=O)c1sc2nc3c(cc2c1N)CN(C(C)C)CC3. The summed E-state index contributed by atoms with van der Waals surface area (Å²) in [5, 5.41) is 3.92. The minimum absolute atomic E-state index is 0.164. The van der Waals surface area contributed by atoms with Crippen molar-refractivity contribution in [2.24, 2.45) is 0 Å². The molecule has 4 rings (SSSR count). The van der Waals surface area contributed by atoms with Crippen molar-refractivity contribution in [3.63, 3.8) is 0 Å². The largest absolute Gasteiger partial charge is 0.397 e. The summed E-state index contributed by atoms with van der Waals surface area (Å²) in [4.78, 5) is 21.6. The zero-order valence-electron chi connectivity index (χ0n) is 16.6. The first-order valence-corrected chi connectivity index (χ1v) is 10.6. The van der Waals surface area contributed by atoms with Crippen molar-refractivity contribution in [3.05, 3.63) is 52.0 Å². The lowest BCUT2D eigenvalue weighted by Gasteiger charge is -2.31. The fraction of sp³-hybridized carbons (Fsp3) is 0.364. The smallest absolute Gasteiger partial charge is 0.267 e. The molecule has 1 aliphatic heterocycles. The standard InChI is InChI=1S/C22H26N4OS/c1-4-14-7-5-6-8-17(14)24-21(27)20-19(23)16-11-15-12-26(13(2)3)10-9-18(15)25-22(16)28-20/h5-8,11,13H,4,9-10,12,23H2,1-3H3,(H,24,27). The van der Waals surface area contributed by atoms with E-state index in [0.29, 0.717) is 16.6 Å².